The summed E-state index contributed by atoms with van der Waals surface area (Å²) in [5.41, 5.74) is 9.23. The van der Waals surface area contributed by atoms with Gasteiger partial charge in [0.1, 0.15) is 0 Å². The van der Waals surface area contributed by atoms with E-state index in [4.69, 9.17) is 5.73 Å². The van der Waals surface area contributed by atoms with Crippen LogP contribution in [0.25, 0.3) is 0 Å². The van der Waals surface area contributed by atoms with E-state index in [1.807, 2.05) is 12.4 Å². The molecule has 0 aromatic carbocycles. The standard InChI is InChI=1S/C19H28N2/c1-13(16-3-5-21-6-4-16)17(20)19-10-14-7-15(11-19)9-18(2,8-14)12-19/h3-6,13-15,17H,7-12,20H2,1-2H3. The maximum absolute atomic E-state index is 6.89. The molecule has 4 aliphatic carbocycles. The van der Waals surface area contributed by atoms with Crippen LogP contribution in [0.2, 0.25) is 0 Å². The van der Waals surface area contributed by atoms with Crippen molar-refractivity contribution in [1.29, 1.82) is 0 Å². The molecular weight excluding hydrogens is 256 g/mol. The van der Waals surface area contributed by atoms with Crippen molar-refractivity contribution >= 4 is 0 Å². The Morgan fingerprint density at radius 3 is 2.33 bits per heavy atom. The lowest BCUT2D eigenvalue weighted by molar-refractivity contribution is -0.115. The third kappa shape index (κ3) is 2.14. The van der Waals surface area contributed by atoms with Gasteiger partial charge in [-0.1, -0.05) is 13.8 Å². The van der Waals surface area contributed by atoms with E-state index in [1.54, 1.807) is 0 Å². The molecule has 1 heterocycles. The molecule has 2 N–H and O–H groups in total. The van der Waals surface area contributed by atoms with Gasteiger partial charge in [-0.15, -0.1) is 0 Å². The molecule has 4 aliphatic rings. The average Bonchev–Trinajstić information content (AvgIpc) is 2.44. The van der Waals surface area contributed by atoms with E-state index < -0.39 is 0 Å². The minimum absolute atomic E-state index is 0.296. The van der Waals surface area contributed by atoms with Crippen molar-refractivity contribution in [3.8, 4) is 0 Å². The fourth-order valence-corrected chi connectivity index (χ4v) is 6.59. The van der Waals surface area contributed by atoms with Crippen molar-refractivity contribution in [3.63, 3.8) is 0 Å². The number of hydrogen-bond donors (Lipinski definition) is 1. The Morgan fingerprint density at radius 1 is 1.14 bits per heavy atom. The molecule has 4 fully saturated rings. The maximum Gasteiger partial charge on any atom is 0.0270 e. The van der Waals surface area contributed by atoms with Gasteiger partial charge in [-0.2, -0.15) is 0 Å². The lowest BCUT2D eigenvalue weighted by atomic mass is 9.42. The molecule has 114 valence electrons. The van der Waals surface area contributed by atoms with Crippen LogP contribution >= 0.6 is 0 Å². The van der Waals surface area contributed by atoms with Gasteiger partial charge in [0.2, 0.25) is 0 Å². The van der Waals surface area contributed by atoms with Crippen LogP contribution in [0.1, 0.15) is 63.9 Å². The van der Waals surface area contributed by atoms with Gasteiger partial charge in [-0.05, 0) is 84.8 Å². The molecule has 21 heavy (non-hydrogen) atoms. The fraction of sp³-hybridized carbons (Fsp3) is 0.737. The van der Waals surface area contributed by atoms with Gasteiger partial charge in [-0.25, -0.2) is 0 Å². The van der Waals surface area contributed by atoms with Crippen LogP contribution in [-0.2, 0) is 0 Å². The van der Waals surface area contributed by atoms with Crippen LogP contribution in [0.15, 0.2) is 24.5 Å². The molecule has 0 spiro atoms. The van der Waals surface area contributed by atoms with E-state index in [0.29, 0.717) is 22.8 Å². The van der Waals surface area contributed by atoms with E-state index >= 15 is 0 Å². The Hall–Kier alpha value is -0.890. The van der Waals surface area contributed by atoms with Crippen LogP contribution < -0.4 is 5.73 Å². The second-order valence-electron chi connectivity index (χ2n) is 8.73. The zero-order valence-corrected chi connectivity index (χ0v) is 13.4. The number of hydrogen-bond acceptors (Lipinski definition) is 2. The first kappa shape index (κ1) is 13.8. The second kappa shape index (κ2) is 4.55. The summed E-state index contributed by atoms with van der Waals surface area (Å²) in [6.45, 7) is 4.85. The largest absolute Gasteiger partial charge is 0.327 e. The van der Waals surface area contributed by atoms with Gasteiger partial charge >= 0.3 is 0 Å². The van der Waals surface area contributed by atoms with Crippen LogP contribution in [0, 0.1) is 22.7 Å². The van der Waals surface area contributed by atoms with E-state index in [1.165, 1.54) is 44.1 Å². The van der Waals surface area contributed by atoms with Gasteiger partial charge in [0, 0.05) is 18.4 Å². The van der Waals surface area contributed by atoms with Gasteiger partial charge in [-0.3, -0.25) is 4.98 Å². The number of rotatable bonds is 3. The number of aromatic nitrogens is 1. The average molecular weight is 284 g/mol. The minimum atomic E-state index is 0.296. The minimum Gasteiger partial charge on any atom is -0.327 e. The molecule has 4 atom stereocenters. The predicted molar refractivity (Wildman–Crippen MR) is 85.8 cm³/mol. The maximum atomic E-state index is 6.89. The van der Waals surface area contributed by atoms with E-state index in [0.717, 1.165) is 11.8 Å². The van der Waals surface area contributed by atoms with E-state index in [-0.39, 0.29) is 0 Å². The summed E-state index contributed by atoms with van der Waals surface area (Å²) in [5, 5.41) is 0. The van der Waals surface area contributed by atoms with Crippen molar-refractivity contribution in [1.82, 2.24) is 4.98 Å². The highest BCUT2D eigenvalue weighted by atomic mass is 14.8. The number of pyridine rings is 1. The van der Waals surface area contributed by atoms with Crippen LogP contribution in [0.5, 0.6) is 0 Å². The molecule has 0 radical (unpaired) electrons. The van der Waals surface area contributed by atoms with Crippen LogP contribution in [-0.4, -0.2) is 11.0 Å². The quantitative estimate of drug-likeness (QED) is 0.907. The Balaban J connectivity index is 1.63. The lowest BCUT2D eigenvalue weighted by Gasteiger charge is -2.63. The number of nitrogens with two attached hydrogens (primary N) is 1. The van der Waals surface area contributed by atoms with Crippen molar-refractivity contribution < 1.29 is 0 Å². The third-order valence-corrected chi connectivity index (χ3v) is 6.88. The SMILES string of the molecule is CC(c1ccncc1)C(N)C12CC3CC(CC(C)(C3)C1)C2. The highest BCUT2D eigenvalue weighted by Crippen LogP contribution is 2.66. The lowest BCUT2D eigenvalue weighted by Crippen LogP contribution is -2.58. The zero-order valence-electron chi connectivity index (χ0n) is 13.4. The first-order valence-corrected chi connectivity index (χ1v) is 8.65. The summed E-state index contributed by atoms with van der Waals surface area (Å²) in [6, 6.07) is 4.59. The Morgan fingerprint density at radius 2 is 1.76 bits per heavy atom. The topological polar surface area (TPSA) is 38.9 Å². The first-order valence-electron chi connectivity index (χ1n) is 8.65. The molecule has 4 unspecified atom stereocenters. The van der Waals surface area contributed by atoms with Crippen molar-refractivity contribution in [2.75, 3.05) is 0 Å². The molecule has 0 saturated heterocycles. The smallest absolute Gasteiger partial charge is 0.0270 e. The van der Waals surface area contributed by atoms with Crippen molar-refractivity contribution in [2.24, 2.45) is 28.4 Å². The Labute approximate surface area is 128 Å². The van der Waals surface area contributed by atoms with E-state index in [2.05, 4.69) is 31.0 Å². The summed E-state index contributed by atoms with van der Waals surface area (Å²) in [6.07, 6.45) is 12.3. The predicted octanol–water partition coefficient (Wildman–Crippen LogP) is 4.12. The van der Waals surface area contributed by atoms with Gasteiger partial charge < -0.3 is 5.73 Å². The molecule has 0 aliphatic heterocycles. The Kier molecular flexibility index (Phi) is 2.98. The van der Waals surface area contributed by atoms with Crippen molar-refractivity contribution in [3.05, 3.63) is 30.1 Å². The van der Waals surface area contributed by atoms with Gasteiger partial charge in [0.15, 0.2) is 0 Å². The van der Waals surface area contributed by atoms with Crippen LogP contribution in [0.4, 0.5) is 0 Å². The summed E-state index contributed by atoms with van der Waals surface area (Å²) in [5.74, 6) is 2.34. The fourth-order valence-electron chi connectivity index (χ4n) is 6.59. The summed E-state index contributed by atoms with van der Waals surface area (Å²) in [4.78, 5) is 4.15. The molecule has 1 aromatic heterocycles. The van der Waals surface area contributed by atoms with Gasteiger partial charge in [0.05, 0.1) is 0 Å². The normalized spacial score (nSPS) is 43.8. The number of nitrogens with zero attached hydrogens (tertiary/aromatic N) is 1. The first-order chi connectivity index (χ1) is 10.00. The second-order valence-corrected chi connectivity index (χ2v) is 8.73. The molecule has 4 bridgehead atoms. The molecule has 4 saturated carbocycles. The molecular formula is C19H28N2. The molecule has 1 aromatic rings. The molecule has 0 amide bonds. The van der Waals surface area contributed by atoms with Gasteiger partial charge in [0.25, 0.3) is 0 Å². The monoisotopic (exact) mass is 284 g/mol. The third-order valence-electron chi connectivity index (χ3n) is 6.88. The summed E-state index contributed by atoms with van der Waals surface area (Å²) < 4.78 is 0. The van der Waals surface area contributed by atoms with Crippen molar-refractivity contribution in [2.45, 2.75) is 64.3 Å². The molecule has 5 rings (SSSR count). The molecule has 2 nitrogen and oxygen atoms in total. The highest BCUT2D eigenvalue weighted by molar-refractivity contribution is 5.21. The van der Waals surface area contributed by atoms with Crippen LogP contribution in [0.3, 0.4) is 0 Å². The summed E-state index contributed by atoms with van der Waals surface area (Å²) >= 11 is 0. The van der Waals surface area contributed by atoms with E-state index in [9.17, 15) is 0 Å². The summed E-state index contributed by atoms with van der Waals surface area (Å²) in [7, 11) is 0. The zero-order chi connectivity index (χ0) is 14.7. The highest BCUT2D eigenvalue weighted by Gasteiger charge is 2.58. The Bertz CT molecular complexity index is 510. The molecule has 2 heteroatoms.